The second-order valence-electron chi connectivity index (χ2n) is 10.5. The summed E-state index contributed by atoms with van der Waals surface area (Å²) in [6, 6.07) is 16.5. The summed E-state index contributed by atoms with van der Waals surface area (Å²) >= 11 is 0. The van der Waals surface area contributed by atoms with Gasteiger partial charge >= 0.3 is 0 Å². The van der Waals surface area contributed by atoms with Gasteiger partial charge in [0.15, 0.2) is 0 Å². The van der Waals surface area contributed by atoms with E-state index in [0.717, 1.165) is 16.7 Å². The highest BCUT2D eigenvalue weighted by molar-refractivity contribution is 7.88. The first-order valence-corrected chi connectivity index (χ1v) is 14.3. The first-order valence-electron chi connectivity index (χ1n) is 12.5. The molecule has 2 aliphatic rings. The van der Waals surface area contributed by atoms with Crippen molar-refractivity contribution < 1.29 is 22.7 Å². The highest BCUT2D eigenvalue weighted by Gasteiger charge is 2.51. The van der Waals surface area contributed by atoms with E-state index in [9.17, 15) is 18.0 Å². The highest BCUT2D eigenvalue weighted by Crippen LogP contribution is 2.47. The Balaban J connectivity index is 1.49. The molecule has 37 heavy (non-hydrogen) atoms. The van der Waals surface area contributed by atoms with Crippen LogP contribution in [0.1, 0.15) is 43.4 Å². The summed E-state index contributed by atoms with van der Waals surface area (Å²) in [5.74, 6) is -0.715. The minimum atomic E-state index is -3.46. The molecule has 4 rings (SSSR count). The summed E-state index contributed by atoms with van der Waals surface area (Å²) in [5.41, 5.74) is 7.09. The van der Waals surface area contributed by atoms with Crippen LogP contribution in [-0.2, 0) is 43.0 Å². The number of fused-ring (bicyclic) bond motifs is 2. The fraction of sp³-hybridized carbons (Fsp3) is 0.481. The van der Waals surface area contributed by atoms with E-state index < -0.39 is 33.1 Å². The van der Waals surface area contributed by atoms with Crippen LogP contribution in [0.15, 0.2) is 54.6 Å². The van der Waals surface area contributed by atoms with Crippen molar-refractivity contribution in [1.29, 1.82) is 0 Å². The van der Waals surface area contributed by atoms with E-state index in [1.54, 1.807) is 23.1 Å². The number of hydrogen-bond donors (Lipinski definition) is 2. The molecule has 2 aromatic carbocycles. The minimum absolute atomic E-state index is 0.00448. The Hall–Kier alpha value is -2.79. The van der Waals surface area contributed by atoms with E-state index in [2.05, 4.69) is 5.32 Å². The Morgan fingerprint density at radius 1 is 1.08 bits per heavy atom. The molecule has 2 heterocycles. The zero-order valence-electron chi connectivity index (χ0n) is 21.6. The van der Waals surface area contributed by atoms with Crippen molar-refractivity contribution in [3.8, 4) is 0 Å². The fourth-order valence-corrected chi connectivity index (χ4v) is 6.50. The number of rotatable bonds is 8. The Kier molecular flexibility index (Phi) is 7.75. The van der Waals surface area contributed by atoms with Gasteiger partial charge < -0.3 is 20.7 Å². The summed E-state index contributed by atoms with van der Waals surface area (Å²) in [7, 11) is -3.46. The maximum absolute atomic E-state index is 13.6. The first-order chi connectivity index (χ1) is 17.4. The molecule has 3 N–H and O–H groups in total. The van der Waals surface area contributed by atoms with Crippen molar-refractivity contribution in [1.82, 2.24) is 14.5 Å². The van der Waals surface area contributed by atoms with Crippen molar-refractivity contribution in [2.24, 2.45) is 5.73 Å². The molecule has 1 fully saturated rings. The highest BCUT2D eigenvalue weighted by atomic mass is 32.2. The average Bonchev–Trinajstić information content (AvgIpc) is 3.18. The summed E-state index contributed by atoms with van der Waals surface area (Å²) in [4.78, 5) is 27.9. The number of carbonyl (C=O) groups excluding carboxylic acids is 2. The molecule has 1 atom stereocenters. The molecular formula is C27H36N4O5S. The largest absolute Gasteiger partial charge is 0.374 e. The number of benzene rings is 2. The molecule has 0 saturated carbocycles. The van der Waals surface area contributed by atoms with Gasteiger partial charge in [0.2, 0.25) is 21.8 Å². The Morgan fingerprint density at radius 3 is 2.32 bits per heavy atom. The maximum atomic E-state index is 13.6. The van der Waals surface area contributed by atoms with Crippen LogP contribution in [0.4, 0.5) is 0 Å². The van der Waals surface area contributed by atoms with Crippen molar-refractivity contribution in [3.05, 3.63) is 71.3 Å². The summed E-state index contributed by atoms with van der Waals surface area (Å²) in [6.07, 6.45) is 2.18. The molecule has 2 aliphatic heterocycles. The molecule has 0 bridgehead atoms. The number of likely N-dealkylation sites (tertiary alicyclic amines) is 1. The Bertz CT molecular complexity index is 1230. The van der Waals surface area contributed by atoms with Crippen molar-refractivity contribution in [3.63, 3.8) is 0 Å². The summed E-state index contributed by atoms with van der Waals surface area (Å²) < 4.78 is 32.8. The van der Waals surface area contributed by atoms with Gasteiger partial charge in [-0.05, 0) is 43.4 Å². The molecule has 0 aromatic heterocycles. The lowest BCUT2D eigenvalue weighted by Gasteiger charge is -2.45. The second-order valence-corrected chi connectivity index (χ2v) is 12.4. The van der Waals surface area contributed by atoms with Gasteiger partial charge in [-0.3, -0.25) is 9.59 Å². The molecule has 10 heteroatoms. The van der Waals surface area contributed by atoms with Gasteiger partial charge in [0, 0.05) is 19.6 Å². The van der Waals surface area contributed by atoms with Gasteiger partial charge in [0.1, 0.15) is 6.04 Å². The van der Waals surface area contributed by atoms with Gasteiger partial charge in [-0.1, -0.05) is 54.6 Å². The third-order valence-electron chi connectivity index (χ3n) is 7.20. The van der Waals surface area contributed by atoms with E-state index in [1.165, 1.54) is 6.26 Å². The zero-order chi connectivity index (χ0) is 26.8. The van der Waals surface area contributed by atoms with Gasteiger partial charge in [0.05, 0.1) is 30.5 Å². The standard InChI is InChI=1S/C27H36N4O5S/c1-26(2,28)25(33)29-23(19-36-18-20-9-5-4-6-10-20)24(32)30-15-13-27(14-16-30)22-12-8-7-11-21(22)17-31(27)37(3,34)35/h4-12,23H,13-19,28H2,1-3H3,(H,29,33)/t23-/m1/s1. The monoisotopic (exact) mass is 528 g/mol. The number of nitrogens with one attached hydrogen (secondary N) is 1. The second kappa shape index (κ2) is 10.5. The molecule has 1 spiro atoms. The van der Waals surface area contributed by atoms with Crippen molar-refractivity contribution >= 4 is 21.8 Å². The van der Waals surface area contributed by atoms with Crippen LogP contribution >= 0.6 is 0 Å². The molecule has 0 unspecified atom stereocenters. The molecule has 1 saturated heterocycles. The normalized spacial score (nSPS) is 18.4. The van der Waals surface area contributed by atoms with Gasteiger partial charge in [-0.2, -0.15) is 4.31 Å². The van der Waals surface area contributed by atoms with Gasteiger partial charge in [-0.15, -0.1) is 0 Å². The predicted molar refractivity (Wildman–Crippen MR) is 141 cm³/mol. The summed E-state index contributed by atoms with van der Waals surface area (Å²) in [5, 5.41) is 2.76. The number of nitrogens with zero attached hydrogens (tertiary/aromatic N) is 2. The van der Waals surface area contributed by atoms with E-state index in [-0.39, 0.29) is 12.5 Å². The fourth-order valence-electron chi connectivity index (χ4n) is 5.21. The van der Waals surface area contributed by atoms with Crippen LogP contribution in [0, 0.1) is 0 Å². The van der Waals surface area contributed by atoms with E-state index >= 15 is 0 Å². The van der Waals surface area contributed by atoms with Crippen LogP contribution < -0.4 is 11.1 Å². The van der Waals surface area contributed by atoms with E-state index in [1.807, 2.05) is 54.6 Å². The molecule has 9 nitrogen and oxygen atoms in total. The van der Waals surface area contributed by atoms with Crippen LogP contribution in [-0.4, -0.2) is 67.0 Å². The maximum Gasteiger partial charge on any atom is 0.247 e. The Morgan fingerprint density at radius 2 is 1.70 bits per heavy atom. The van der Waals surface area contributed by atoms with Crippen LogP contribution in [0.3, 0.4) is 0 Å². The number of carbonyl (C=O) groups is 2. The average molecular weight is 529 g/mol. The minimum Gasteiger partial charge on any atom is -0.374 e. The third kappa shape index (κ3) is 5.87. The molecule has 200 valence electrons. The van der Waals surface area contributed by atoms with Crippen molar-refractivity contribution in [2.75, 3.05) is 26.0 Å². The number of sulfonamides is 1. The lowest BCUT2D eigenvalue weighted by molar-refractivity contribution is -0.141. The van der Waals surface area contributed by atoms with Gasteiger partial charge in [-0.25, -0.2) is 8.42 Å². The zero-order valence-corrected chi connectivity index (χ0v) is 22.5. The Labute approximate surface area is 219 Å². The molecule has 0 radical (unpaired) electrons. The predicted octanol–water partition coefficient (Wildman–Crippen LogP) is 1.72. The smallest absolute Gasteiger partial charge is 0.247 e. The van der Waals surface area contributed by atoms with Crippen LogP contribution in [0.25, 0.3) is 0 Å². The number of piperidine rings is 1. The lowest BCUT2D eigenvalue weighted by atomic mass is 9.81. The quantitative estimate of drug-likeness (QED) is 0.538. The number of ether oxygens (including phenoxy) is 1. The van der Waals surface area contributed by atoms with Crippen molar-refractivity contribution in [2.45, 2.75) is 57.0 Å². The van der Waals surface area contributed by atoms with E-state index in [4.69, 9.17) is 10.5 Å². The van der Waals surface area contributed by atoms with Crippen LogP contribution in [0.2, 0.25) is 0 Å². The topological polar surface area (TPSA) is 122 Å². The van der Waals surface area contributed by atoms with Crippen LogP contribution in [0.5, 0.6) is 0 Å². The van der Waals surface area contributed by atoms with Gasteiger partial charge in [0.25, 0.3) is 0 Å². The molecule has 2 aromatic rings. The lowest BCUT2D eigenvalue weighted by Crippen LogP contribution is -2.60. The molecular weight excluding hydrogens is 492 g/mol. The number of nitrogens with two attached hydrogens (primary N) is 1. The third-order valence-corrected chi connectivity index (χ3v) is 8.48. The SMILES string of the molecule is CC(C)(N)C(=O)N[C@H](COCc1ccccc1)C(=O)N1CCC2(CC1)c1ccccc1CN2S(C)(=O)=O. The number of hydrogen-bond acceptors (Lipinski definition) is 6. The van der Waals surface area contributed by atoms with E-state index in [0.29, 0.717) is 39.1 Å². The molecule has 2 amide bonds. The first kappa shape index (κ1) is 27.3. The summed E-state index contributed by atoms with van der Waals surface area (Å²) in [6.45, 7) is 4.51. The number of amides is 2. The molecule has 0 aliphatic carbocycles.